The molecule has 1 N–H and O–H groups in total. The fourth-order valence-electron chi connectivity index (χ4n) is 2.95. The molecule has 7 nitrogen and oxygen atoms in total. The van der Waals surface area contributed by atoms with E-state index in [1.807, 2.05) is 17.0 Å². The van der Waals surface area contributed by atoms with E-state index >= 15 is 0 Å². The summed E-state index contributed by atoms with van der Waals surface area (Å²) in [5.74, 6) is 0.222. The molecule has 1 aromatic rings. The number of hydrogen-bond donors (Lipinski definition) is 1. The Morgan fingerprint density at radius 3 is 2.73 bits per heavy atom. The van der Waals surface area contributed by atoms with E-state index < -0.39 is 0 Å². The molecule has 1 heterocycles. The number of hydrogen-bond acceptors (Lipinski definition) is 5. The Bertz CT molecular complexity index is 594. The molecule has 1 saturated heterocycles. The molecule has 1 aliphatic heterocycles. The van der Waals surface area contributed by atoms with Gasteiger partial charge in [-0.3, -0.25) is 4.79 Å². The van der Waals surface area contributed by atoms with Crippen LogP contribution in [0, 0.1) is 0 Å². The number of amides is 2. The molecule has 0 aliphatic carbocycles. The van der Waals surface area contributed by atoms with Crippen LogP contribution in [0.2, 0.25) is 0 Å². The zero-order valence-corrected chi connectivity index (χ0v) is 15.7. The van der Waals surface area contributed by atoms with E-state index in [1.165, 1.54) is 7.11 Å². The predicted molar refractivity (Wildman–Crippen MR) is 101 cm³/mol. The molecule has 0 saturated carbocycles. The van der Waals surface area contributed by atoms with E-state index in [0.717, 1.165) is 45.6 Å². The topological polar surface area (TPSA) is 71.1 Å². The van der Waals surface area contributed by atoms with Gasteiger partial charge in [-0.05, 0) is 38.1 Å². The van der Waals surface area contributed by atoms with Gasteiger partial charge in [0, 0.05) is 19.6 Å². The summed E-state index contributed by atoms with van der Waals surface area (Å²) in [7, 11) is 1.35. The second kappa shape index (κ2) is 10.7. The minimum Gasteiger partial charge on any atom is -0.491 e. The molecule has 0 bridgehead atoms. The molecule has 0 spiro atoms. The molecule has 2 rings (SSSR count). The largest absolute Gasteiger partial charge is 0.491 e. The van der Waals surface area contributed by atoms with Crippen molar-refractivity contribution in [1.29, 1.82) is 0 Å². The van der Waals surface area contributed by atoms with Crippen molar-refractivity contribution in [3.63, 3.8) is 0 Å². The Morgan fingerprint density at radius 1 is 1.15 bits per heavy atom. The quantitative estimate of drug-likeness (QED) is 0.754. The number of anilines is 1. The first kappa shape index (κ1) is 20.0. The molecule has 0 unspecified atom stereocenters. The highest BCUT2D eigenvalue weighted by molar-refractivity contribution is 5.91. The van der Waals surface area contributed by atoms with E-state index in [-0.39, 0.29) is 25.0 Å². The molecule has 26 heavy (non-hydrogen) atoms. The lowest BCUT2D eigenvalue weighted by molar-refractivity contribution is -0.141. The molecule has 0 atom stereocenters. The number of carbonyl (C=O) groups is 2. The molecule has 144 valence electrons. The summed E-state index contributed by atoms with van der Waals surface area (Å²) in [6.45, 7) is 6.85. The Hall–Kier alpha value is -2.28. The van der Waals surface area contributed by atoms with Gasteiger partial charge in [0.25, 0.3) is 0 Å². The van der Waals surface area contributed by atoms with Crippen LogP contribution < -0.4 is 10.1 Å². The maximum atomic E-state index is 12.6. The summed E-state index contributed by atoms with van der Waals surface area (Å²) in [5.41, 5.74) is 0.608. The molecule has 1 aromatic carbocycles. The summed E-state index contributed by atoms with van der Waals surface area (Å²) in [6, 6.07) is 7.13. The summed E-state index contributed by atoms with van der Waals surface area (Å²) >= 11 is 0. The zero-order chi connectivity index (χ0) is 18.8. The van der Waals surface area contributed by atoms with Crippen LogP contribution in [0.5, 0.6) is 5.75 Å². The number of para-hydroxylation sites is 2. The van der Waals surface area contributed by atoms with Crippen LogP contribution in [0.25, 0.3) is 0 Å². The van der Waals surface area contributed by atoms with Crippen LogP contribution in [0.3, 0.4) is 0 Å². The monoisotopic (exact) mass is 363 g/mol. The first-order valence-electron chi connectivity index (χ1n) is 9.21. The van der Waals surface area contributed by atoms with Gasteiger partial charge in [-0.2, -0.15) is 0 Å². The van der Waals surface area contributed by atoms with Crippen molar-refractivity contribution < 1.29 is 19.1 Å². The van der Waals surface area contributed by atoms with Gasteiger partial charge in [0.05, 0.1) is 25.8 Å². The van der Waals surface area contributed by atoms with Gasteiger partial charge in [0.2, 0.25) is 0 Å². The van der Waals surface area contributed by atoms with Gasteiger partial charge < -0.3 is 24.6 Å². The number of esters is 1. The van der Waals surface area contributed by atoms with E-state index in [0.29, 0.717) is 11.4 Å². The third kappa shape index (κ3) is 6.22. The van der Waals surface area contributed by atoms with Gasteiger partial charge in [0.1, 0.15) is 5.75 Å². The van der Waals surface area contributed by atoms with Crippen LogP contribution >= 0.6 is 0 Å². The lowest BCUT2D eigenvalue weighted by atomic mass is 10.3. The lowest BCUT2D eigenvalue weighted by Crippen LogP contribution is -2.38. The van der Waals surface area contributed by atoms with E-state index in [4.69, 9.17) is 4.74 Å². The van der Waals surface area contributed by atoms with Gasteiger partial charge in [0.15, 0.2) is 0 Å². The maximum absolute atomic E-state index is 12.6. The summed E-state index contributed by atoms with van der Waals surface area (Å²) in [5, 5.41) is 2.93. The second-order valence-corrected chi connectivity index (χ2v) is 6.28. The number of nitrogens with one attached hydrogen (secondary N) is 1. The second-order valence-electron chi connectivity index (χ2n) is 6.28. The average molecular weight is 363 g/mol. The average Bonchev–Trinajstić information content (AvgIpc) is 2.89. The third-order valence-corrected chi connectivity index (χ3v) is 4.34. The SMILES string of the molecule is CCCN1CCCN(C(=O)Nc2ccccc2OCCC(=O)OC)CC1. The van der Waals surface area contributed by atoms with Crippen molar-refractivity contribution in [3.8, 4) is 5.75 Å². The highest BCUT2D eigenvalue weighted by Crippen LogP contribution is 2.24. The van der Waals surface area contributed by atoms with Gasteiger partial charge in [-0.1, -0.05) is 19.1 Å². The Balaban J connectivity index is 1.91. The highest BCUT2D eigenvalue weighted by atomic mass is 16.5. The predicted octanol–water partition coefficient (Wildman–Crippen LogP) is 2.58. The first-order chi connectivity index (χ1) is 12.6. The van der Waals surface area contributed by atoms with Crippen molar-refractivity contribution >= 4 is 17.7 Å². The molecular formula is C19H29N3O4. The number of urea groups is 1. The molecule has 1 fully saturated rings. The summed E-state index contributed by atoms with van der Waals surface area (Å²) < 4.78 is 10.2. The smallest absolute Gasteiger partial charge is 0.321 e. The van der Waals surface area contributed by atoms with Gasteiger partial charge in [-0.15, -0.1) is 0 Å². The third-order valence-electron chi connectivity index (χ3n) is 4.34. The zero-order valence-electron chi connectivity index (χ0n) is 15.7. The lowest BCUT2D eigenvalue weighted by Gasteiger charge is -2.22. The van der Waals surface area contributed by atoms with E-state index in [1.54, 1.807) is 12.1 Å². The van der Waals surface area contributed by atoms with Crippen LogP contribution in [0.1, 0.15) is 26.2 Å². The van der Waals surface area contributed by atoms with Crippen molar-refractivity contribution in [2.45, 2.75) is 26.2 Å². The Labute approximate surface area is 155 Å². The molecule has 7 heteroatoms. The Morgan fingerprint density at radius 2 is 1.96 bits per heavy atom. The van der Waals surface area contributed by atoms with Crippen molar-refractivity contribution in [3.05, 3.63) is 24.3 Å². The van der Waals surface area contributed by atoms with Crippen LogP contribution in [-0.4, -0.2) is 68.2 Å². The molecule has 2 amide bonds. The molecule has 0 aromatic heterocycles. The maximum Gasteiger partial charge on any atom is 0.321 e. The van der Waals surface area contributed by atoms with Crippen LogP contribution in [-0.2, 0) is 9.53 Å². The number of ether oxygens (including phenoxy) is 2. The number of benzene rings is 1. The standard InChI is InChI=1S/C19H29N3O4/c1-3-10-21-11-6-12-22(14-13-21)19(24)20-16-7-4-5-8-17(16)26-15-9-18(23)25-2/h4-5,7-8H,3,6,9-15H2,1-2H3,(H,20,24). The van der Waals surface area contributed by atoms with Crippen molar-refractivity contribution in [2.24, 2.45) is 0 Å². The fraction of sp³-hybridized carbons (Fsp3) is 0.579. The van der Waals surface area contributed by atoms with Gasteiger partial charge >= 0.3 is 12.0 Å². The Kier molecular flexibility index (Phi) is 8.21. The number of rotatable bonds is 7. The van der Waals surface area contributed by atoms with Crippen LogP contribution in [0.15, 0.2) is 24.3 Å². The molecule has 0 radical (unpaired) electrons. The normalized spacial score (nSPS) is 15.2. The van der Waals surface area contributed by atoms with Crippen molar-refractivity contribution in [1.82, 2.24) is 9.80 Å². The number of carbonyl (C=O) groups excluding carboxylic acids is 2. The van der Waals surface area contributed by atoms with Crippen molar-refractivity contribution in [2.75, 3.05) is 51.8 Å². The van der Waals surface area contributed by atoms with Gasteiger partial charge in [-0.25, -0.2) is 4.79 Å². The highest BCUT2D eigenvalue weighted by Gasteiger charge is 2.19. The fourth-order valence-corrected chi connectivity index (χ4v) is 2.95. The number of methoxy groups -OCH3 is 1. The minimum absolute atomic E-state index is 0.118. The van der Waals surface area contributed by atoms with E-state index in [2.05, 4.69) is 21.9 Å². The number of nitrogens with zero attached hydrogens (tertiary/aromatic N) is 2. The first-order valence-corrected chi connectivity index (χ1v) is 9.21. The van der Waals surface area contributed by atoms with Crippen LogP contribution in [0.4, 0.5) is 10.5 Å². The minimum atomic E-state index is -0.326. The molecule has 1 aliphatic rings. The van der Waals surface area contributed by atoms with E-state index in [9.17, 15) is 9.59 Å². The summed E-state index contributed by atoms with van der Waals surface area (Å²) in [4.78, 5) is 28.1. The molecular weight excluding hydrogens is 334 g/mol. The summed E-state index contributed by atoms with van der Waals surface area (Å²) in [6.07, 6.45) is 2.27.